The number of thiazole rings is 1. The molecule has 0 saturated heterocycles. The molecule has 0 radical (unpaired) electrons. The maximum absolute atomic E-state index is 9.55. The van der Waals surface area contributed by atoms with Gasteiger partial charge < -0.3 is 9.84 Å². The van der Waals surface area contributed by atoms with Crippen molar-refractivity contribution >= 4 is 16.3 Å². The third-order valence-corrected chi connectivity index (χ3v) is 4.15. The number of aromatic nitrogens is 2. The van der Waals surface area contributed by atoms with Gasteiger partial charge in [-0.1, -0.05) is 32.9 Å². The fourth-order valence-electron chi connectivity index (χ4n) is 2.18. The number of ether oxygens (including phenoxy) is 1. The molecule has 0 saturated carbocycles. The number of fused-ring (bicyclic) bond motifs is 1. The molecule has 4 nitrogen and oxygen atoms in total. The molecule has 2 heterocycles. The summed E-state index contributed by atoms with van der Waals surface area (Å²) in [7, 11) is 0. The second-order valence-electron chi connectivity index (χ2n) is 5.96. The Labute approximate surface area is 127 Å². The maximum Gasteiger partial charge on any atom is 0.244 e. The van der Waals surface area contributed by atoms with Gasteiger partial charge in [-0.25, -0.2) is 0 Å². The van der Waals surface area contributed by atoms with Gasteiger partial charge in [0.25, 0.3) is 0 Å². The zero-order valence-corrected chi connectivity index (χ0v) is 13.1. The summed E-state index contributed by atoms with van der Waals surface area (Å²) in [5.41, 5.74) is 1.94. The first kappa shape index (κ1) is 14.1. The van der Waals surface area contributed by atoms with Crippen LogP contribution in [0.15, 0.2) is 35.8 Å². The second-order valence-corrected chi connectivity index (χ2v) is 6.83. The van der Waals surface area contributed by atoms with E-state index in [0.717, 1.165) is 10.7 Å². The normalized spacial score (nSPS) is 12.0. The molecule has 5 heteroatoms. The fraction of sp³-hybridized carbons (Fsp3) is 0.312. The van der Waals surface area contributed by atoms with Gasteiger partial charge in [0.05, 0.1) is 6.61 Å². The Hall–Kier alpha value is -1.85. The number of benzene rings is 1. The summed E-state index contributed by atoms with van der Waals surface area (Å²) in [5.74, 6) is 1.21. The highest BCUT2D eigenvalue weighted by molar-refractivity contribution is 7.15. The van der Waals surface area contributed by atoms with Crippen LogP contribution in [0.4, 0.5) is 0 Å². The van der Waals surface area contributed by atoms with E-state index in [9.17, 15) is 5.11 Å². The molecule has 21 heavy (non-hydrogen) atoms. The van der Waals surface area contributed by atoms with Gasteiger partial charge in [0.2, 0.25) is 5.88 Å². The molecule has 3 rings (SSSR count). The number of hydrogen-bond donors (Lipinski definition) is 1. The minimum Gasteiger partial charge on any atom is -0.437 e. The van der Waals surface area contributed by atoms with Gasteiger partial charge in [0, 0.05) is 11.6 Å². The van der Waals surface area contributed by atoms with E-state index in [4.69, 9.17) is 4.74 Å². The van der Waals surface area contributed by atoms with E-state index in [1.54, 1.807) is 0 Å². The van der Waals surface area contributed by atoms with Crippen molar-refractivity contribution in [2.45, 2.75) is 32.8 Å². The van der Waals surface area contributed by atoms with Crippen LogP contribution in [-0.4, -0.2) is 14.5 Å². The van der Waals surface area contributed by atoms with Gasteiger partial charge in [0.1, 0.15) is 11.4 Å². The number of hydrogen-bond acceptors (Lipinski definition) is 4. The van der Waals surface area contributed by atoms with Crippen LogP contribution in [0.3, 0.4) is 0 Å². The maximum atomic E-state index is 9.55. The van der Waals surface area contributed by atoms with Crippen molar-refractivity contribution in [2.75, 3.05) is 0 Å². The Morgan fingerprint density at radius 1 is 1.33 bits per heavy atom. The minimum atomic E-state index is -0.105. The Morgan fingerprint density at radius 2 is 2.14 bits per heavy atom. The van der Waals surface area contributed by atoms with E-state index in [2.05, 4.69) is 31.8 Å². The summed E-state index contributed by atoms with van der Waals surface area (Å²) in [6.45, 7) is 6.39. The minimum absolute atomic E-state index is 0.0632. The lowest BCUT2D eigenvalue weighted by molar-refractivity contribution is 0.270. The standard InChI is InChI=1S/C16H18N2O2S/c1-16(2,3)11-5-4-6-12(9-11)20-14-13(10-19)18-7-8-21-15(18)17-14/h4-9,19H,10H2,1-3H3. The first-order valence-electron chi connectivity index (χ1n) is 6.83. The summed E-state index contributed by atoms with van der Waals surface area (Å²) >= 11 is 1.52. The molecule has 0 aliphatic carbocycles. The summed E-state index contributed by atoms with van der Waals surface area (Å²) in [6, 6.07) is 8.00. The van der Waals surface area contributed by atoms with E-state index < -0.39 is 0 Å². The van der Waals surface area contributed by atoms with Crippen molar-refractivity contribution in [3.8, 4) is 11.6 Å². The van der Waals surface area contributed by atoms with E-state index in [1.807, 2.05) is 34.2 Å². The van der Waals surface area contributed by atoms with Crippen LogP contribution in [0.25, 0.3) is 4.96 Å². The topological polar surface area (TPSA) is 46.8 Å². The van der Waals surface area contributed by atoms with Gasteiger partial charge in [-0.2, -0.15) is 4.98 Å². The van der Waals surface area contributed by atoms with E-state index in [1.165, 1.54) is 16.9 Å². The number of aliphatic hydroxyl groups is 1. The molecule has 2 aromatic heterocycles. The molecule has 0 bridgehead atoms. The van der Waals surface area contributed by atoms with Crippen molar-refractivity contribution in [2.24, 2.45) is 0 Å². The third kappa shape index (κ3) is 2.66. The molecule has 0 aliphatic heterocycles. The molecular weight excluding hydrogens is 284 g/mol. The molecule has 1 N–H and O–H groups in total. The van der Waals surface area contributed by atoms with Crippen molar-refractivity contribution in [1.82, 2.24) is 9.38 Å². The Kier molecular flexibility index (Phi) is 3.47. The van der Waals surface area contributed by atoms with Crippen molar-refractivity contribution in [1.29, 1.82) is 0 Å². The fourth-order valence-corrected chi connectivity index (χ4v) is 2.90. The highest BCUT2D eigenvalue weighted by atomic mass is 32.1. The zero-order chi connectivity index (χ0) is 15.0. The van der Waals surface area contributed by atoms with Crippen LogP contribution in [0.1, 0.15) is 32.0 Å². The summed E-state index contributed by atoms with van der Waals surface area (Å²) in [6.07, 6.45) is 1.89. The quantitative estimate of drug-likeness (QED) is 0.796. The van der Waals surface area contributed by atoms with Crippen LogP contribution in [0, 0.1) is 0 Å². The molecule has 0 atom stereocenters. The number of imidazole rings is 1. The molecule has 1 aromatic carbocycles. The van der Waals surface area contributed by atoms with Crippen LogP contribution in [-0.2, 0) is 12.0 Å². The predicted molar refractivity (Wildman–Crippen MR) is 84.2 cm³/mol. The van der Waals surface area contributed by atoms with Crippen molar-refractivity contribution in [3.63, 3.8) is 0 Å². The predicted octanol–water partition coefficient (Wildman–Crippen LogP) is 3.98. The number of aliphatic hydroxyl groups excluding tert-OH is 1. The summed E-state index contributed by atoms with van der Waals surface area (Å²) in [5, 5.41) is 11.5. The lowest BCUT2D eigenvalue weighted by atomic mass is 9.87. The molecule has 0 unspecified atom stereocenters. The van der Waals surface area contributed by atoms with Crippen LogP contribution < -0.4 is 4.74 Å². The molecule has 0 spiro atoms. The van der Waals surface area contributed by atoms with Crippen LogP contribution >= 0.6 is 11.3 Å². The smallest absolute Gasteiger partial charge is 0.244 e. The molecular formula is C16H18N2O2S. The number of nitrogens with zero attached hydrogens (tertiary/aromatic N) is 2. The number of rotatable bonds is 3. The first-order valence-corrected chi connectivity index (χ1v) is 7.70. The monoisotopic (exact) mass is 302 g/mol. The summed E-state index contributed by atoms with van der Waals surface area (Å²) < 4.78 is 7.75. The Balaban J connectivity index is 1.97. The van der Waals surface area contributed by atoms with Crippen LogP contribution in [0.5, 0.6) is 11.6 Å². The van der Waals surface area contributed by atoms with Gasteiger partial charge in [0.15, 0.2) is 4.96 Å². The van der Waals surface area contributed by atoms with Gasteiger partial charge >= 0.3 is 0 Å². The van der Waals surface area contributed by atoms with Gasteiger partial charge in [-0.05, 0) is 23.1 Å². The SMILES string of the molecule is CC(C)(C)c1cccc(Oc2nc3sccn3c2CO)c1. The molecule has 0 amide bonds. The lowest BCUT2D eigenvalue weighted by Crippen LogP contribution is -2.10. The largest absolute Gasteiger partial charge is 0.437 e. The third-order valence-electron chi connectivity index (χ3n) is 3.39. The van der Waals surface area contributed by atoms with Crippen LogP contribution in [0.2, 0.25) is 0 Å². The lowest BCUT2D eigenvalue weighted by Gasteiger charge is -2.19. The highest BCUT2D eigenvalue weighted by Gasteiger charge is 2.17. The average Bonchev–Trinajstić information content (AvgIpc) is 2.98. The first-order chi connectivity index (χ1) is 9.99. The Morgan fingerprint density at radius 3 is 2.86 bits per heavy atom. The molecule has 0 fully saturated rings. The average molecular weight is 302 g/mol. The highest BCUT2D eigenvalue weighted by Crippen LogP contribution is 2.31. The van der Waals surface area contributed by atoms with E-state index in [-0.39, 0.29) is 12.0 Å². The molecule has 110 valence electrons. The molecule has 3 aromatic rings. The summed E-state index contributed by atoms with van der Waals surface area (Å²) in [4.78, 5) is 5.25. The molecule has 0 aliphatic rings. The van der Waals surface area contributed by atoms with Crippen molar-refractivity contribution < 1.29 is 9.84 Å². The van der Waals surface area contributed by atoms with Crippen molar-refractivity contribution in [3.05, 3.63) is 47.1 Å². The van der Waals surface area contributed by atoms with Gasteiger partial charge in [-0.15, -0.1) is 11.3 Å². The van der Waals surface area contributed by atoms with Gasteiger partial charge in [-0.3, -0.25) is 4.40 Å². The van der Waals surface area contributed by atoms with E-state index >= 15 is 0 Å². The Bertz CT molecular complexity index is 768. The zero-order valence-electron chi connectivity index (χ0n) is 12.3. The van der Waals surface area contributed by atoms with E-state index in [0.29, 0.717) is 11.6 Å². The second kappa shape index (κ2) is 5.16.